The Morgan fingerprint density at radius 2 is 1.57 bits per heavy atom. The van der Waals surface area contributed by atoms with Gasteiger partial charge in [-0.3, -0.25) is 13.9 Å². The van der Waals surface area contributed by atoms with E-state index in [0.717, 1.165) is 47.5 Å². The number of hydrogen-bond acceptors (Lipinski definition) is 5. The van der Waals surface area contributed by atoms with Gasteiger partial charge in [-0.15, -0.1) is 0 Å². The van der Waals surface area contributed by atoms with Crippen molar-refractivity contribution in [2.24, 2.45) is 0 Å². The van der Waals surface area contributed by atoms with Gasteiger partial charge in [0.2, 0.25) is 11.8 Å². The summed E-state index contributed by atoms with van der Waals surface area (Å²) in [6.45, 7) is 3.20. The van der Waals surface area contributed by atoms with Crippen molar-refractivity contribution in [3.05, 3.63) is 88.9 Å². The smallest absolute Gasteiger partial charge is 0.264 e. The van der Waals surface area contributed by atoms with Gasteiger partial charge in [0.15, 0.2) is 0 Å². The first-order chi connectivity index (χ1) is 20.1. The summed E-state index contributed by atoms with van der Waals surface area (Å²) >= 11 is 6.08. The van der Waals surface area contributed by atoms with Gasteiger partial charge in [0.25, 0.3) is 10.0 Å². The number of nitrogens with one attached hydrogen (secondary N) is 1. The van der Waals surface area contributed by atoms with E-state index in [1.54, 1.807) is 67.6 Å². The fraction of sp³-hybridized carbons (Fsp3) is 0.375. The molecule has 3 aromatic rings. The molecule has 1 N–H and O–H groups in total. The summed E-state index contributed by atoms with van der Waals surface area (Å²) in [5.74, 6) is -0.253. The molecule has 0 aromatic heterocycles. The van der Waals surface area contributed by atoms with Gasteiger partial charge in [-0.2, -0.15) is 0 Å². The van der Waals surface area contributed by atoms with Gasteiger partial charge in [0.1, 0.15) is 18.3 Å². The van der Waals surface area contributed by atoms with Crippen LogP contribution < -0.4 is 14.4 Å². The summed E-state index contributed by atoms with van der Waals surface area (Å²) in [6.07, 6.45) is 5.08. The zero-order valence-corrected chi connectivity index (χ0v) is 25.8. The number of benzene rings is 3. The monoisotopic (exact) mass is 611 g/mol. The summed E-state index contributed by atoms with van der Waals surface area (Å²) in [5.41, 5.74) is 2.06. The number of ether oxygens (including phenoxy) is 1. The highest BCUT2D eigenvalue weighted by atomic mass is 35.5. The fourth-order valence-corrected chi connectivity index (χ4v) is 6.59. The third-order valence-electron chi connectivity index (χ3n) is 7.63. The van der Waals surface area contributed by atoms with Crippen LogP contribution in [-0.2, 0) is 26.2 Å². The Morgan fingerprint density at radius 1 is 0.952 bits per heavy atom. The van der Waals surface area contributed by atoms with Crippen LogP contribution in [0.5, 0.6) is 5.75 Å². The average molecular weight is 612 g/mol. The van der Waals surface area contributed by atoms with E-state index in [-0.39, 0.29) is 23.4 Å². The van der Waals surface area contributed by atoms with E-state index >= 15 is 0 Å². The number of sulfonamides is 1. The molecule has 0 radical (unpaired) electrons. The molecule has 1 saturated carbocycles. The summed E-state index contributed by atoms with van der Waals surface area (Å²) < 4.78 is 34.2. The van der Waals surface area contributed by atoms with Gasteiger partial charge in [0, 0.05) is 17.6 Å². The average Bonchev–Trinajstić information content (AvgIpc) is 3.00. The maximum Gasteiger partial charge on any atom is 0.264 e. The minimum absolute atomic E-state index is 0.0176. The molecule has 1 aliphatic rings. The molecule has 8 nitrogen and oxygen atoms in total. The molecular formula is C32H38ClN3O5S. The summed E-state index contributed by atoms with van der Waals surface area (Å²) in [5, 5.41) is 3.66. The number of carbonyl (C=O) groups excluding carboxylic acids is 2. The van der Waals surface area contributed by atoms with Crippen molar-refractivity contribution in [1.82, 2.24) is 10.2 Å². The predicted molar refractivity (Wildman–Crippen MR) is 165 cm³/mol. The third-order valence-corrected chi connectivity index (χ3v) is 9.67. The number of nitrogens with zero attached hydrogens (tertiary/aromatic N) is 2. The van der Waals surface area contributed by atoms with Crippen LogP contribution in [0.25, 0.3) is 0 Å². The van der Waals surface area contributed by atoms with Crippen molar-refractivity contribution in [2.45, 2.75) is 69.5 Å². The highest BCUT2D eigenvalue weighted by Crippen LogP contribution is 2.27. The minimum atomic E-state index is -4.16. The van der Waals surface area contributed by atoms with Crippen LogP contribution in [0.4, 0.5) is 5.69 Å². The molecule has 0 spiro atoms. The van der Waals surface area contributed by atoms with Crippen LogP contribution in [-0.4, -0.2) is 50.9 Å². The molecule has 0 bridgehead atoms. The first-order valence-electron chi connectivity index (χ1n) is 14.2. The molecule has 1 fully saturated rings. The minimum Gasteiger partial charge on any atom is -0.497 e. The first-order valence-corrected chi connectivity index (χ1v) is 16.0. The zero-order valence-electron chi connectivity index (χ0n) is 24.3. The second-order valence-electron chi connectivity index (χ2n) is 10.7. The normalized spacial score (nSPS) is 14.6. The predicted octanol–water partition coefficient (Wildman–Crippen LogP) is 5.72. The van der Waals surface area contributed by atoms with E-state index in [2.05, 4.69) is 5.32 Å². The molecule has 0 heterocycles. The highest BCUT2D eigenvalue weighted by Gasteiger charge is 2.33. The molecule has 1 aliphatic carbocycles. The van der Waals surface area contributed by atoms with Crippen LogP contribution in [0.15, 0.2) is 77.7 Å². The van der Waals surface area contributed by atoms with Crippen LogP contribution in [0.2, 0.25) is 5.02 Å². The third kappa shape index (κ3) is 7.83. The number of hydrogen-bond donors (Lipinski definition) is 1. The highest BCUT2D eigenvalue weighted by molar-refractivity contribution is 7.92. The summed E-state index contributed by atoms with van der Waals surface area (Å²) in [6, 6.07) is 19.2. The maximum absolute atomic E-state index is 14.1. The zero-order chi connectivity index (χ0) is 30.3. The van der Waals surface area contributed by atoms with Crippen molar-refractivity contribution >= 4 is 39.1 Å². The summed E-state index contributed by atoms with van der Waals surface area (Å²) in [4.78, 5) is 28.9. The van der Waals surface area contributed by atoms with Gasteiger partial charge >= 0.3 is 0 Å². The van der Waals surface area contributed by atoms with Crippen LogP contribution in [0.3, 0.4) is 0 Å². The van der Waals surface area contributed by atoms with E-state index in [4.69, 9.17) is 16.3 Å². The van der Waals surface area contributed by atoms with Gasteiger partial charge in [-0.05, 0) is 80.8 Å². The molecular weight excluding hydrogens is 574 g/mol. The lowest BCUT2D eigenvalue weighted by molar-refractivity contribution is -0.139. The van der Waals surface area contributed by atoms with Crippen molar-refractivity contribution < 1.29 is 22.7 Å². The molecule has 224 valence electrons. The quantitative estimate of drug-likeness (QED) is 0.299. The van der Waals surface area contributed by atoms with Crippen molar-refractivity contribution in [3.8, 4) is 5.75 Å². The van der Waals surface area contributed by atoms with E-state index in [9.17, 15) is 18.0 Å². The van der Waals surface area contributed by atoms with Gasteiger partial charge in [0.05, 0.1) is 17.7 Å². The number of carbonyl (C=O) groups is 2. The summed E-state index contributed by atoms with van der Waals surface area (Å²) in [7, 11) is -2.65. The molecule has 42 heavy (non-hydrogen) atoms. The molecule has 10 heteroatoms. The number of aryl methyl sites for hydroxylation is 1. The molecule has 2 amide bonds. The van der Waals surface area contributed by atoms with E-state index in [1.165, 1.54) is 24.1 Å². The van der Waals surface area contributed by atoms with Crippen LogP contribution >= 0.6 is 11.6 Å². The first kappa shape index (κ1) is 31.4. The SMILES string of the molecule is COc1ccc(S(=O)(=O)N(CC(=O)N(Cc2ccc(Cl)cc2)[C@@H](C)C(=O)NC2CCCCC2)c2ccc(C)cc2)cc1. The molecule has 0 unspecified atom stereocenters. The lowest BCUT2D eigenvalue weighted by Gasteiger charge is -2.33. The second-order valence-corrected chi connectivity index (χ2v) is 13.0. The standard InChI is InChI=1S/C32H38ClN3O5S/c1-23-9-15-28(16-10-23)36(42(39,40)30-19-17-29(41-3)18-20-30)22-31(37)35(21-25-11-13-26(33)14-12-25)24(2)32(38)34-27-7-5-4-6-8-27/h9-20,24,27H,4-8,21-22H2,1-3H3,(H,34,38)/t24-/m0/s1. The Hall–Kier alpha value is -3.56. The van der Waals surface area contributed by atoms with E-state index in [1.807, 2.05) is 6.92 Å². The largest absolute Gasteiger partial charge is 0.497 e. The molecule has 3 aromatic carbocycles. The number of rotatable bonds is 11. The topological polar surface area (TPSA) is 96.0 Å². The number of halogens is 1. The van der Waals surface area contributed by atoms with E-state index < -0.39 is 28.5 Å². The van der Waals surface area contributed by atoms with Gasteiger partial charge in [-0.25, -0.2) is 8.42 Å². The lowest BCUT2D eigenvalue weighted by atomic mass is 9.95. The van der Waals surface area contributed by atoms with Gasteiger partial charge < -0.3 is 15.0 Å². The molecule has 4 rings (SSSR count). The van der Waals surface area contributed by atoms with Crippen molar-refractivity contribution in [1.29, 1.82) is 0 Å². The Labute approximate surface area is 253 Å². The lowest BCUT2D eigenvalue weighted by Crippen LogP contribution is -2.53. The van der Waals surface area contributed by atoms with Crippen LogP contribution in [0.1, 0.15) is 50.2 Å². The Balaban J connectivity index is 1.66. The van der Waals surface area contributed by atoms with Crippen LogP contribution in [0, 0.1) is 6.92 Å². The molecule has 1 atom stereocenters. The van der Waals surface area contributed by atoms with E-state index in [0.29, 0.717) is 16.5 Å². The molecule has 0 aliphatic heterocycles. The van der Waals surface area contributed by atoms with Crippen molar-refractivity contribution in [2.75, 3.05) is 18.0 Å². The second kappa shape index (κ2) is 14.1. The van der Waals surface area contributed by atoms with Gasteiger partial charge in [-0.1, -0.05) is 60.7 Å². The number of amides is 2. The maximum atomic E-state index is 14.1. The Morgan fingerprint density at radius 3 is 2.17 bits per heavy atom. The fourth-order valence-electron chi connectivity index (χ4n) is 5.05. The Bertz CT molecular complexity index is 1460. The van der Waals surface area contributed by atoms with Crippen molar-refractivity contribution in [3.63, 3.8) is 0 Å². The number of anilines is 1. The molecule has 0 saturated heterocycles. The number of methoxy groups -OCH3 is 1. The Kier molecular flexibility index (Phi) is 10.5.